The maximum atomic E-state index is 13.0. The number of amides is 2. The zero-order valence-electron chi connectivity index (χ0n) is 16.8. The monoisotopic (exact) mass is 440 g/mol. The average molecular weight is 441 g/mol. The second-order valence-corrected chi connectivity index (χ2v) is 8.90. The van der Waals surface area contributed by atoms with Gasteiger partial charge in [-0.15, -0.1) is 0 Å². The van der Waals surface area contributed by atoms with Gasteiger partial charge in [0.15, 0.2) is 5.17 Å². The fourth-order valence-corrected chi connectivity index (χ4v) is 4.32. The zero-order chi connectivity index (χ0) is 21.4. The Kier molecular flexibility index (Phi) is 5.66. The highest BCUT2D eigenvalue weighted by Crippen LogP contribution is 2.34. The fourth-order valence-electron chi connectivity index (χ4n) is 3.35. The Balaban J connectivity index is 1.56. The number of hydrogen-bond acceptors (Lipinski definition) is 5. The van der Waals surface area contributed by atoms with E-state index in [1.807, 2.05) is 51.1 Å². The summed E-state index contributed by atoms with van der Waals surface area (Å²) < 4.78 is 0. The van der Waals surface area contributed by atoms with Gasteiger partial charge in [-0.05, 0) is 42.7 Å². The maximum absolute atomic E-state index is 13.0. The molecule has 154 valence electrons. The molecule has 30 heavy (non-hydrogen) atoms. The predicted molar refractivity (Wildman–Crippen MR) is 123 cm³/mol. The lowest BCUT2D eigenvalue weighted by atomic mass is 10.1. The summed E-state index contributed by atoms with van der Waals surface area (Å²) in [4.78, 5) is 36.4. The SMILES string of the molecule is Cc1ccc(Cl)cc1NC(=O)CSC1=Nc2ccccc2C2=N[C@@H](C(C)C)C(=O)N12. The molecule has 0 fully saturated rings. The first-order valence-electron chi connectivity index (χ1n) is 9.64. The molecular formula is C22H21ClN4O2S. The first kappa shape index (κ1) is 20.6. The first-order chi connectivity index (χ1) is 14.3. The summed E-state index contributed by atoms with van der Waals surface area (Å²) in [6, 6.07) is 12.5. The number of aliphatic imine (C=N–C) groups is 2. The molecule has 0 spiro atoms. The summed E-state index contributed by atoms with van der Waals surface area (Å²) in [5, 5.41) is 3.90. The lowest BCUT2D eigenvalue weighted by molar-refractivity contribution is -0.125. The van der Waals surface area contributed by atoms with Crippen LogP contribution in [0.2, 0.25) is 5.02 Å². The van der Waals surface area contributed by atoms with Gasteiger partial charge in [-0.2, -0.15) is 0 Å². The number of para-hydroxylation sites is 1. The number of carbonyl (C=O) groups excluding carboxylic acids is 2. The summed E-state index contributed by atoms with van der Waals surface area (Å²) in [6.07, 6.45) is 0. The fraction of sp³-hybridized carbons (Fsp3) is 0.273. The van der Waals surface area contributed by atoms with Crippen molar-refractivity contribution < 1.29 is 9.59 Å². The highest BCUT2D eigenvalue weighted by Gasteiger charge is 2.42. The Labute approximate surface area is 184 Å². The minimum absolute atomic E-state index is 0.0723. The number of thioether (sulfide) groups is 1. The van der Waals surface area contributed by atoms with Crippen molar-refractivity contribution in [1.82, 2.24) is 4.90 Å². The Morgan fingerprint density at radius 3 is 2.80 bits per heavy atom. The van der Waals surface area contributed by atoms with E-state index in [0.717, 1.165) is 16.8 Å². The van der Waals surface area contributed by atoms with Gasteiger partial charge in [-0.25, -0.2) is 9.89 Å². The van der Waals surface area contributed by atoms with E-state index >= 15 is 0 Å². The van der Waals surface area contributed by atoms with Crippen LogP contribution in [0, 0.1) is 12.8 Å². The third-order valence-electron chi connectivity index (χ3n) is 4.94. The minimum atomic E-state index is -0.445. The molecule has 2 aromatic rings. The quantitative estimate of drug-likeness (QED) is 0.752. The van der Waals surface area contributed by atoms with Crippen molar-refractivity contribution in [3.63, 3.8) is 0 Å². The number of aryl methyl sites for hydroxylation is 1. The van der Waals surface area contributed by atoms with E-state index < -0.39 is 6.04 Å². The number of anilines is 1. The lowest BCUT2D eigenvalue weighted by Gasteiger charge is -2.25. The van der Waals surface area contributed by atoms with Gasteiger partial charge in [0.1, 0.15) is 11.9 Å². The Morgan fingerprint density at radius 2 is 2.03 bits per heavy atom. The molecule has 0 radical (unpaired) electrons. The number of fused-ring (bicyclic) bond motifs is 3. The van der Waals surface area contributed by atoms with Gasteiger partial charge >= 0.3 is 0 Å². The van der Waals surface area contributed by atoms with Crippen LogP contribution in [0.1, 0.15) is 25.0 Å². The van der Waals surface area contributed by atoms with Crippen LogP contribution in [0.4, 0.5) is 11.4 Å². The van der Waals surface area contributed by atoms with E-state index in [4.69, 9.17) is 11.6 Å². The Bertz CT molecular complexity index is 1100. The number of nitrogens with one attached hydrogen (secondary N) is 1. The van der Waals surface area contributed by atoms with Crippen molar-refractivity contribution in [2.75, 3.05) is 11.1 Å². The number of amidine groups is 2. The molecule has 8 heteroatoms. The molecule has 2 heterocycles. The molecule has 2 amide bonds. The van der Waals surface area contributed by atoms with Crippen molar-refractivity contribution >= 4 is 57.6 Å². The number of hydrogen-bond donors (Lipinski definition) is 1. The van der Waals surface area contributed by atoms with E-state index in [-0.39, 0.29) is 23.5 Å². The van der Waals surface area contributed by atoms with Gasteiger partial charge in [0.2, 0.25) is 5.91 Å². The summed E-state index contributed by atoms with van der Waals surface area (Å²) in [5.41, 5.74) is 3.17. The van der Waals surface area contributed by atoms with Crippen LogP contribution in [0.5, 0.6) is 0 Å². The summed E-state index contributed by atoms with van der Waals surface area (Å²) in [6.45, 7) is 5.85. The molecule has 1 atom stereocenters. The lowest BCUT2D eigenvalue weighted by Crippen LogP contribution is -2.42. The zero-order valence-corrected chi connectivity index (χ0v) is 18.4. The largest absolute Gasteiger partial charge is 0.325 e. The molecule has 0 bridgehead atoms. The number of halogens is 1. The van der Waals surface area contributed by atoms with Crippen molar-refractivity contribution in [3.8, 4) is 0 Å². The molecule has 2 aliphatic rings. The summed E-state index contributed by atoms with van der Waals surface area (Å²) in [7, 11) is 0. The van der Waals surface area contributed by atoms with E-state index in [1.165, 1.54) is 11.8 Å². The van der Waals surface area contributed by atoms with Crippen molar-refractivity contribution in [3.05, 3.63) is 58.6 Å². The predicted octanol–water partition coefficient (Wildman–Crippen LogP) is 4.63. The van der Waals surface area contributed by atoms with Gasteiger partial charge < -0.3 is 5.32 Å². The van der Waals surface area contributed by atoms with Crippen LogP contribution in [-0.4, -0.2) is 39.5 Å². The van der Waals surface area contributed by atoms with Crippen molar-refractivity contribution in [2.45, 2.75) is 26.8 Å². The molecule has 2 aromatic carbocycles. The number of benzene rings is 2. The molecule has 0 saturated heterocycles. The standard InChI is InChI=1S/C22H21ClN4O2S/c1-12(2)19-21(29)27-20(26-19)15-6-4-5-7-16(15)25-22(27)30-11-18(28)24-17-10-14(23)9-8-13(17)3/h4-10,12,19H,11H2,1-3H3,(H,24,28)/t19-/m0/s1. The molecular weight excluding hydrogens is 420 g/mol. The van der Waals surface area contributed by atoms with Gasteiger partial charge in [0.25, 0.3) is 5.91 Å². The van der Waals surface area contributed by atoms with Crippen LogP contribution in [0.25, 0.3) is 0 Å². The third kappa shape index (κ3) is 3.87. The summed E-state index contributed by atoms with van der Waals surface area (Å²) in [5.74, 6) is 0.487. The highest BCUT2D eigenvalue weighted by molar-refractivity contribution is 8.14. The highest BCUT2D eigenvalue weighted by atomic mass is 35.5. The van der Waals surface area contributed by atoms with Crippen LogP contribution >= 0.6 is 23.4 Å². The minimum Gasteiger partial charge on any atom is -0.325 e. The maximum Gasteiger partial charge on any atom is 0.259 e. The van der Waals surface area contributed by atoms with E-state index in [2.05, 4.69) is 15.3 Å². The Morgan fingerprint density at radius 1 is 1.27 bits per heavy atom. The number of rotatable bonds is 4. The van der Waals surface area contributed by atoms with Gasteiger partial charge in [0, 0.05) is 16.3 Å². The molecule has 1 N–H and O–H groups in total. The smallest absolute Gasteiger partial charge is 0.259 e. The normalized spacial score (nSPS) is 17.4. The number of nitrogens with zero attached hydrogens (tertiary/aromatic N) is 3. The Hall–Kier alpha value is -2.64. The topological polar surface area (TPSA) is 74.1 Å². The first-order valence-corrected chi connectivity index (χ1v) is 11.0. The molecule has 0 saturated carbocycles. The van der Waals surface area contributed by atoms with Crippen molar-refractivity contribution in [2.24, 2.45) is 15.9 Å². The molecule has 6 nitrogen and oxygen atoms in total. The molecule has 4 rings (SSSR count). The van der Waals surface area contributed by atoms with Gasteiger partial charge in [-0.1, -0.05) is 55.4 Å². The van der Waals surface area contributed by atoms with Crippen LogP contribution in [0.15, 0.2) is 52.4 Å². The molecule has 0 aromatic heterocycles. The van der Waals surface area contributed by atoms with Crippen molar-refractivity contribution in [1.29, 1.82) is 0 Å². The second kappa shape index (κ2) is 8.24. The van der Waals surface area contributed by atoms with E-state index in [9.17, 15) is 9.59 Å². The van der Waals surface area contributed by atoms with Crippen LogP contribution < -0.4 is 5.32 Å². The van der Waals surface area contributed by atoms with Gasteiger partial charge in [0.05, 0.1) is 11.4 Å². The van der Waals surface area contributed by atoms with E-state index in [1.54, 1.807) is 17.0 Å². The van der Waals surface area contributed by atoms with Crippen LogP contribution in [-0.2, 0) is 9.59 Å². The third-order valence-corrected chi connectivity index (χ3v) is 6.11. The van der Waals surface area contributed by atoms with E-state index in [0.29, 0.717) is 21.7 Å². The number of carbonyl (C=O) groups is 2. The second-order valence-electron chi connectivity index (χ2n) is 7.52. The van der Waals surface area contributed by atoms with Crippen LogP contribution in [0.3, 0.4) is 0 Å². The molecule has 0 unspecified atom stereocenters. The summed E-state index contributed by atoms with van der Waals surface area (Å²) >= 11 is 7.25. The average Bonchev–Trinajstić information content (AvgIpc) is 3.07. The molecule has 2 aliphatic heterocycles. The molecule has 0 aliphatic carbocycles. The van der Waals surface area contributed by atoms with Gasteiger partial charge in [-0.3, -0.25) is 14.6 Å².